The molecule has 0 aromatic heterocycles. The minimum Gasteiger partial charge on any atom is -0.371 e. The summed E-state index contributed by atoms with van der Waals surface area (Å²) < 4.78 is 0. The van der Waals surface area contributed by atoms with Crippen LogP contribution in [0.15, 0.2) is 24.3 Å². The van der Waals surface area contributed by atoms with Crippen LogP contribution in [0.1, 0.15) is 65.0 Å². The Morgan fingerprint density at radius 3 is 2.15 bits per heavy atom. The predicted octanol–water partition coefficient (Wildman–Crippen LogP) is 4.76. The molecular weight excluding hydrogens is 244 g/mol. The van der Waals surface area contributed by atoms with E-state index in [-0.39, 0.29) is 0 Å². The third-order valence-corrected chi connectivity index (χ3v) is 3.69. The second kappa shape index (κ2) is 9.82. The lowest BCUT2D eigenvalue weighted by Gasteiger charge is -2.29. The number of anilines is 1. The van der Waals surface area contributed by atoms with Crippen LogP contribution in [-0.4, -0.2) is 19.6 Å². The molecule has 1 rings (SSSR count). The van der Waals surface area contributed by atoms with Gasteiger partial charge in [-0.2, -0.15) is 0 Å². The highest BCUT2D eigenvalue weighted by Gasteiger charge is 2.16. The first-order chi connectivity index (χ1) is 9.78. The van der Waals surface area contributed by atoms with E-state index in [2.05, 4.69) is 62.2 Å². The Morgan fingerprint density at radius 1 is 0.950 bits per heavy atom. The van der Waals surface area contributed by atoms with E-state index in [0.717, 1.165) is 26.1 Å². The molecule has 0 aliphatic heterocycles. The van der Waals surface area contributed by atoms with Crippen molar-refractivity contribution >= 4 is 5.69 Å². The third-order valence-electron chi connectivity index (χ3n) is 3.69. The molecule has 2 heteroatoms. The summed E-state index contributed by atoms with van der Waals surface area (Å²) in [6.45, 7) is 12.4. The van der Waals surface area contributed by atoms with Crippen LogP contribution in [0.25, 0.3) is 0 Å². The van der Waals surface area contributed by atoms with Gasteiger partial charge >= 0.3 is 0 Å². The molecule has 114 valence electrons. The van der Waals surface area contributed by atoms with Crippen molar-refractivity contribution in [3.8, 4) is 0 Å². The molecule has 1 aromatic carbocycles. The summed E-state index contributed by atoms with van der Waals surface area (Å²) in [7, 11) is 0. The first-order valence-corrected chi connectivity index (χ1v) is 8.35. The van der Waals surface area contributed by atoms with Gasteiger partial charge in [0.1, 0.15) is 0 Å². The molecule has 1 unspecified atom stereocenters. The molecule has 20 heavy (non-hydrogen) atoms. The van der Waals surface area contributed by atoms with E-state index >= 15 is 0 Å². The van der Waals surface area contributed by atoms with Crippen molar-refractivity contribution in [3.63, 3.8) is 0 Å². The Balaban J connectivity index is 2.99. The van der Waals surface area contributed by atoms with Gasteiger partial charge in [-0.25, -0.2) is 0 Å². The molecular formula is C18H32N2. The molecule has 2 nitrogen and oxygen atoms in total. The quantitative estimate of drug-likeness (QED) is 0.662. The molecule has 0 fully saturated rings. The second-order valence-electron chi connectivity index (χ2n) is 5.46. The molecule has 0 aliphatic rings. The first kappa shape index (κ1) is 17.0. The predicted molar refractivity (Wildman–Crippen MR) is 90.6 cm³/mol. The molecule has 0 bridgehead atoms. The Morgan fingerprint density at radius 2 is 1.60 bits per heavy atom. The van der Waals surface area contributed by atoms with Crippen LogP contribution in [0.2, 0.25) is 0 Å². The average Bonchev–Trinajstić information content (AvgIpc) is 2.48. The highest BCUT2D eigenvalue weighted by molar-refractivity contribution is 5.55. The van der Waals surface area contributed by atoms with Crippen molar-refractivity contribution in [2.75, 3.05) is 24.5 Å². The summed E-state index contributed by atoms with van der Waals surface area (Å²) >= 11 is 0. The van der Waals surface area contributed by atoms with Crippen molar-refractivity contribution in [1.82, 2.24) is 5.32 Å². The van der Waals surface area contributed by atoms with Gasteiger partial charge in [0.15, 0.2) is 0 Å². The molecule has 0 spiro atoms. The summed E-state index contributed by atoms with van der Waals surface area (Å²) in [5.74, 6) is 0. The lowest BCUT2D eigenvalue weighted by Crippen LogP contribution is -2.29. The molecule has 0 saturated carbocycles. The number of benzene rings is 1. The number of nitrogens with one attached hydrogen (secondary N) is 1. The summed E-state index contributed by atoms with van der Waals surface area (Å²) in [5.41, 5.74) is 2.89. The SMILES string of the molecule is CCCNC(CC)c1ccccc1N(CCC)CCC. The monoisotopic (exact) mass is 276 g/mol. The Kier molecular flexibility index (Phi) is 8.36. The van der Waals surface area contributed by atoms with Gasteiger partial charge in [0.25, 0.3) is 0 Å². The highest BCUT2D eigenvalue weighted by atomic mass is 15.1. The minimum absolute atomic E-state index is 0.474. The number of rotatable bonds is 10. The summed E-state index contributed by atoms with van der Waals surface area (Å²) in [6, 6.07) is 9.40. The van der Waals surface area contributed by atoms with Crippen LogP contribution in [0.4, 0.5) is 5.69 Å². The fraction of sp³-hybridized carbons (Fsp3) is 0.667. The maximum Gasteiger partial charge on any atom is 0.0414 e. The summed E-state index contributed by atoms with van der Waals surface area (Å²) in [5, 5.41) is 3.69. The van der Waals surface area contributed by atoms with Crippen LogP contribution in [0.3, 0.4) is 0 Å². The second-order valence-corrected chi connectivity index (χ2v) is 5.46. The van der Waals surface area contributed by atoms with E-state index in [1.807, 2.05) is 0 Å². The third kappa shape index (κ3) is 4.82. The van der Waals surface area contributed by atoms with Crippen molar-refractivity contribution in [3.05, 3.63) is 29.8 Å². The smallest absolute Gasteiger partial charge is 0.0414 e. The lowest BCUT2D eigenvalue weighted by atomic mass is 10.0. The molecule has 0 amide bonds. The van der Waals surface area contributed by atoms with E-state index < -0.39 is 0 Å². The van der Waals surface area contributed by atoms with Gasteiger partial charge in [0.05, 0.1) is 0 Å². The standard InChI is InChI=1S/C18H32N2/c1-5-13-19-17(8-4)16-11-9-10-12-18(16)20(14-6-2)15-7-3/h9-12,17,19H,5-8,13-15H2,1-4H3. The van der Waals surface area contributed by atoms with E-state index in [4.69, 9.17) is 0 Å². The molecule has 1 N–H and O–H groups in total. The van der Waals surface area contributed by atoms with E-state index in [9.17, 15) is 0 Å². The number of para-hydroxylation sites is 1. The van der Waals surface area contributed by atoms with E-state index in [1.54, 1.807) is 0 Å². The van der Waals surface area contributed by atoms with Crippen molar-refractivity contribution in [2.24, 2.45) is 0 Å². The number of nitrogens with zero attached hydrogens (tertiary/aromatic N) is 1. The normalized spacial score (nSPS) is 12.4. The molecule has 0 heterocycles. The Hall–Kier alpha value is -1.02. The van der Waals surface area contributed by atoms with Crippen molar-refractivity contribution < 1.29 is 0 Å². The maximum absolute atomic E-state index is 3.69. The molecule has 0 aliphatic carbocycles. The first-order valence-electron chi connectivity index (χ1n) is 8.35. The zero-order chi connectivity index (χ0) is 14.8. The van der Waals surface area contributed by atoms with Gasteiger partial charge in [0.2, 0.25) is 0 Å². The van der Waals surface area contributed by atoms with Gasteiger partial charge < -0.3 is 10.2 Å². The summed E-state index contributed by atoms with van der Waals surface area (Å²) in [6.07, 6.45) is 4.73. The summed E-state index contributed by atoms with van der Waals surface area (Å²) in [4.78, 5) is 2.55. The Labute approximate surface area is 125 Å². The molecule has 0 radical (unpaired) electrons. The zero-order valence-electron chi connectivity index (χ0n) is 13.8. The van der Waals surface area contributed by atoms with Crippen LogP contribution in [-0.2, 0) is 0 Å². The highest BCUT2D eigenvalue weighted by Crippen LogP contribution is 2.28. The number of hydrogen-bond donors (Lipinski definition) is 1. The van der Waals surface area contributed by atoms with Crippen LogP contribution in [0, 0.1) is 0 Å². The maximum atomic E-state index is 3.69. The number of hydrogen-bond acceptors (Lipinski definition) is 2. The lowest BCUT2D eigenvalue weighted by molar-refractivity contribution is 0.517. The largest absolute Gasteiger partial charge is 0.371 e. The van der Waals surface area contributed by atoms with Gasteiger partial charge in [0, 0.05) is 24.8 Å². The van der Waals surface area contributed by atoms with Crippen LogP contribution >= 0.6 is 0 Å². The topological polar surface area (TPSA) is 15.3 Å². The van der Waals surface area contributed by atoms with E-state index in [1.165, 1.54) is 30.5 Å². The van der Waals surface area contributed by atoms with Gasteiger partial charge in [-0.1, -0.05) is 45.9 Å². The van der Waals surface area contributed by atoms with Gasteiger partial charge in [-0.3, -0.25) is 0 Å². The average molecular weight is 276 g/mol. The molecule has 0 saturated heterocycles. The van der Waals surface area contributed by atoms with Gasteiger partial charge in [-0.05, 0) is 43.9 Å². The minimum atomic E-state index is 0.474. The Bertz CT molecular complexity index is 356. The van der Waals surface area contributed by atoms with E-state index in [0.29, 0.717) is 6.04 Å². The van der Waals surface area contributed by atoms with Crippen molar-refractivity contribution in [1.29, 1.82) is 0 Å². The fourth-order valence-corrected chi connectivity index (χ4v) is 2.76. The van der Waals surface area contributed by atoms with Crippen LogP contribution < -0.4 is 10.2 Å². The molecule has 1 aromatic rings. The fourth-order valence-electron chi connectivity index (χ4n) is 2.76. The zero-order valence-corrected chi connectivity index (χ0v) is 13.8. The molecule has 1 atom stereocenters. The van der Waals surface area contributed by atoms with Crippen molar-refractivity contribution in [2.45, 2.75) is 59.4 Å². The van der Waals surface area contributed by atoms with Gasteiger partial charge in [-0.15, -0.1) is 0 Å². The van der Waals surface area contributed by atoms with Crippen LogP contribution in [0.5, 0.6) is 0 Å².